The Kier molecular flexibility index (Phi) is 3.84. The van der Waals surface area contributed by atoms with Crippen LogP contribution in [0.1, 0.15) is 25.6 Å². The summed E-state index contributed by atoms with van der Waals surface area (Å²) in [5.74, 6) is 1.12. The third-order valence-electron chi connectivity index (χ3n) is 4.34. The van der Waals surface area contributed by atoms with Crippen LogP contribution < -0.4 is 5.73 Å². The fourth-order valence-corrected chi connectivity index (χ4v) is 3.46. The van der Waals surface area contributed by atoms with Crippen LogP contribution in [-0.4, -0.2) is 29.3 Å². The topological polar surface area (TPSA) is 53.1 Å². The van der Waals surface area contributed by atoms with Crippen molar-refractivity contribution >= 4 is 27.0 Å². The molecule has 0 atom stereocenters. The fourth-order valence-electron chi connectivity index (χ4n) is 3.11. The average Bonchev–Trinajstić information content (AvgIpc) is 2.86. The fraction of sp³-hybridized carbons (Fsp3) is 0.533. The third kappa shape index (κ3) is 2.18. The van der Waals surface area contributed by atoms with Gasteiger partial charge in [-0.05, 0) is 38.0 Å². The maximum atomic E-state index is 6.13. The summed E-state index contributed by atoms with van der Waals surface area (Å²) in [7, 11) is 0. The van der Waals surface area contributed by atoms with Gasteiger partial charge in [-0.3, -0.25) is 0 Å². The summed E-state index contributed by atoms with van der Waals surface area (Å²) in [6.45, 7) is 5.24. The molecule has 0 aliphatic carbocycles. The van der Waals surface area contributed by atoms with Gasteiger partial charge in [0.25, 0.3) is 0 Å². The predicted octanol–water partition coefficient (Wildman–Crippen LogP) is 2.83. The zero-order valence-electron chi connectivity index (χ0n) is 11.7. The van der Waals surface area contributed by atoms with Crippen LogP contribution in [0.4, 0.5) is 0 Å². The average molecular weight is 338 g/mol. The number of hydrogen-bond donors (Lipinski definition) is 1. The molecule has 0 bridgehead atoms. The molecule has 1 saturated heterocycles. The normalized spacial score (nSPS) is 18.6. The summed E-state index contributed by atoms with van der Waals surface area (Å²) in [5, 5.41) is 0. The first-order valence-electron chi connectivity index (χ1n) is 7.14. The van der Waals surface area contributed by atoms with E-state index in [9.17, 15) is 0 Å². The van der Waals surface area contributed by atoms with Gasteiger partial charge in [-0.2, -0.15) is 0 Å². The van der Waals surface area contributed by atoms with Crippen molar-refractivity contribution in [2.24, 2.45) is 5.73 Å². The van der Waals surface area contributed by atoms with Crippen LogP contribution in [0.5, 0.6) is 0 Å². The Morgan fingerprint density at radius 2 is 2.15 bits per heavy atom. The second-order valence-corrected chi connectivity index (χ2v) is 6.33. The van der Waals surface area contributed by atoms with E-state index in [1.165, 1.54) is 5.52 Å². The maximum Gasteiger partial charge on any atom is 0.117 e. The maximum absolute atomic E-state index is 6.13. The highest BCUT2D eigenvalue weighted by Gasteiger charge is 2.37. The molecular weight excluding hydrogens is 318 g/mol. The van der Waals surface area contributed by atoms with E-state index >= 15 is 0 Å². The molecule has 0 radical (unpaired) electrons. The molecular formula is C15H20BrN3O. The molecule has 0 amide bonds. The predicted molar refractivity (Wildman–Crippen MR) is 83.9 cm³/mol. The SMILES string of the molecule is CCn1c(C2(CN)CCOCC2)nc2cc(Br)ccc21. The Morgan fingerprint density at radius 1 is 1.40 bits per heavy atom. The van der Waals surface area contributed by atoms with E-state index in [2.05, 4.69) is 45.6 Å². The van der Waals surface area contributed by atoms with Gasteiger partial charge >= 0.3 is 0 Å². The van der Waals surface area contributed by atoms with E-state index in [1.807, 2.05) is 0 Å². The van der Waals surface area contributed by atoms with Crippen molar-refractivity contribution in [3.05, 3.63) is 28.5 Å². The lowest BCUT2D eigenvalue weighted by Gasteiger charge is -2.35. The molecule has 4 nitrogen and oxygen atoms in total. The first-order valence-corrected chi connectivity index (χ1v) is 7.93. The van der Waals surface area contributed by atoms with Crippen LogP contribution in [0.2, 0.25) is 0 Å². The number of aryl methyl sites for hydroxylation is 1. The molecule has 1 fully saturated rings. The van der Waals surface area contributed by atoms with Gasteiger partial charge in [-0.25, -0.2) is 4.98 Å². The van der Waals surface area contributed by atoms with Crippen molar-refractivity contribution in [2.45, 2.75) is 31.7 Å². The molecule has 0 spiro atoms. The molecule has 5 heteroatoms. The zero-order chi connectivity index (χ0) is 14.2. The number of nitrogens with zero attached hydrogens (tertiary/aromatic N) is 2. The van der Waals surface area contributed by atoms with Gasteiger partial charge in [-0.15, -0.1) is 0 Å². The molecule has 1 aliphatic heterocycles. The first kappa shape index (κ1) is 14.0. The number of benzene rings is 1. The van der Waals surface area contributed by atoms with Gasteiger partial charge in [0.1, 0.15) is 5.82 Å². The zero-order valence-corrected chi connectivity index (χ0v) is 13.3. The molecule has 0 saturated carbocycles. The largest absolute Gasteiger partial charge is 0.381 e. The number of ether oxygens (including phenoxy) is 1. The summed E-state index contributed by atoms with van der Waals surface area (Å²) >= 11 is 3.52. The number of imidazole rings is 1. The number of halogens is 1. The van der Waals surface area contributed by atoms with Gasteiger partial charge in [0.05, 0.1) is 11.0 Å². The highest BCUT2D eigenvalue weighted by atomic mass is 79.9. The van der Waals surface area contributed by atoms with Gasteiger partial charge < -0.3 is 15.0 Å². The lowest BCUT2D eigenvalue weighted by Crippen LogP contribution is -2.42. The van der Waals surface area contributed by atoms with Crippen LogP contribution in [0.3, 0.4) is 0 Å². The van der Waals surface area contributed by atoms with E-state index in [4.69, 9.17) is 15.5 Å². The second kappa shape index (κ2) is 5.47. The van der Waals surface area contributed by atoms with E-state index in [1.54, 1.807) is 0 Å². The van der Waals surface area contributed by atoms with Crippen molar-refractivity contribution in [2.75, 3.05) is 19.8 Å². The van der Waals surface area contributed by atoms with Gasteiger partial charge in [-0.1, -0.05) is 15.9 Å². The van der Waals surface area contributed by atoms with E-state index < -0.39 is 0 Å². The van der Waals surface area contributed by atoms with E-state index in [0.29, 0.717) is 6.54 Å². The minimum atomic E-state index is -0.0419. The molecule has 2 aromatic rings. The number of hydrogen-bond acceptors (Lipinski definition) is 3. The molecule has 0 unspecified atom stereocenters. The molecule has 3 rings (SSSR count). The summed E-state index contributed by atoms with van der Waals surface area (Å²) in [6.07, 6.45) is 1.90. The van der Waals surface area contributed by atoms with Crippen LogP contribution in [0.15, 0.2) is 22.7 Å². The van der Waals surface area contributed by atoms with Crippen LogP contribution in [0.25, 0.3) is 11.0 Å². The quantitative estimate of drug-likeness (QED) is 0.936. The van der Waals surface area contributed by atoms with E-state index in [-0.39, 0.29) is 5.41 Å². The summed E-state index contributed by atoms with van der Waals surface area (Å²) in [5.41, 5.74) is 8.31. The van der Waals surface area contributed by atoms with Crippen LogP contribution in [0, 0.1) is 0 Å². The smallest absolute Gasteiger partial charge is 0.117 e. The highest BCUT2D eigenvalue weighted by molar-refractivity contribution is 9.10. The number of aromatic nitrogens is 2. The number of rotatable bonds is 3. The molecule has 2 heterocycles. The van der Waals surface area contributed by atoms with Gasteiger partial charge in [0.15, 0.2) is 0 Å². The van der Waals surface area contributed by atoms with Gasteiger partial charge in [0.2, 0.25) is 0 Å². The molecule has 2 N–H and O–H groups in total. The van der Waals surface area contributed by atoms with Crippen molar-refractivity contribution in [1.29, 1.82) is 0 Å². The standard InChI is InChI=1S/C15H20BrN3O/c1-2-19-13-4-3-11(16)9-12(13)18-14(19)15(10-17)5-7-20-8-6-15/h3-4,9H,2,5-8,10,17H2,1H3. The summed E-state index contributed by atoms with van der Waals surface area (Å²) in [6, 6.07) is 6.27. The molecule has 1 aromatic carbocycles. The monoisotopic (exact) mass is 337 g/mol. The van der Waals surface area contributed by atoms with Crippen molar-refractivity contribution in [3.8, 4) is 0 Å². The molecule has 1 aliphatic rings. The minimum Gasteiger partial charge on any atom is -0.381 e. The lowest BCUT2D eigenvalue weighted by molar-refractivity contribution is 0.0489. The van der Waals surface area contributed by atoms with Crippen molar-refractivity contribution < 1.29 is 4.74 Å². The highest BCUT2D eigenvalue weighted by Crippen LogP contribution is 2.35. The van der Waals surface area contributed by atoms with Crippen LogP contribution >= 0.6 is 15.9 Å². The Balaban J connectivity index is 2.18. The Morgan fingerprint density at radius 3 is 2.80 bits per heavy atom. The van der Waals surface area contributed by atoms with Crippen LogP contribution in [-0.2, 0) is 16.7 Å². The van der Waals surface area contributed by atoms with Crippen molar-refractivity contribution in [3.63, 3.8) is 0 Å². The summed E-state index contributed by atoms with van der Waals surface area (Å²) < 4.78 is 8.88. The number of fused-ring (bicyclic) bond motifs is 1. The summed E-state index contributed by atoms with van der Waals surface area (Å²) in [4.78, 5) is 4.91. The molecule has 20 heavy (non-hydrogen) atoms. The van der Waals surface area contributed by atoms with Gasteiger partial charge in [0, 0.05) is 36.2 Å². The second-order valence-electron chi connectivity index (χ2n) is 5.41. The van der Waals surface area contributed by atoms with Crippen molar-refractivity contribution in [1.82, 2.24) is 9.55 Å². The van der Waals surface area contributed by atoms with E-state index in [0.717, 1.165) is 48.4 Å². The minimum absolute atomic E-state index is 0.0419. The first-order chi connectivity index (χ1) is 9.70. The Bertz CT molecular complexity index is 617. The number of nitrogens with two attached hydrogens (primary N) is 1. The Hall–Kier alpha value is -0.910. The third-order valence-corrected chi connectivity index (χ3v) is 4.83. The molecule has 1 aromatic heterocycles. The molecule has 108 valence electrons. The Labute approximate surface area is 127 Å². The lowest BCUT2D eigenvalue weighted by atomic mass is 9.79.